The molecule has 0 saturated heterocycles. The minimum Gasteiger partial charge on any atom is -0.482 e. The van der Waals surface area contributed by atoms with Gasteiger partial charge in [-0.25, -0.2) is 4.98 Å². The van der Waals surface area contributed by atoms with Gasteiger partial charge in [0, 0.05) is 10.4 Å². The first-order chi connectivity index (χ1) is 8.60. The molecule has 1 unspecified atom stereocenters. The minimum atomic E-state index is -0.121. The molecule has 0 fully saturated rings. The van der Waals surface area contributed by atoms with Crippen molar-refractivity contribution in [3.63, 3.8) is 0 Å². The fraction of sp³-hybridized carbons (Fsp3) is 0.250. The van der Waals surface area contributed by atoms with Crippen LogP contribution in [0.1, 0.15) is 23.7 Å². The van der Waals surface area contributed by atoms with Gasteiger partial charge in [-0.2, -0.15) is 0 Å². The van der Waals surface area contributed by atoms with E-state index in [0.29, 0.717) is 10.9 Å². The van der Waals surface area contributed by atoms with Crippen molar-refractivity contribution in [1.29, 1.82) is 0 Å². The molecule has 2 nitrogen and oxygen atoms in total. The van der Waals surface area contributed by atoms with E-state index >= 15 is 0 Å². The highest BCUT2D eigenvalue weighted by molar-refractivity contribution is 9.10. The third-order valence-corrected chi connectivity index (χ3v) is 4.44. The van der Waals surface area contributed by atoms with Gasteiger partial charge in [0.1, 0.15) is 16.9 Å². The largest absolute Gasteiger partial charge is 0.482 e. The smallest absolute Gasteiger partial charge is 0.147 e. The Morgan fingerprint density at radius 3 is 2.89 bits per heavy atom. The van der Waals surface area contributed by atoms with Crippen LogP contribution in [0.25, 0.3) is 0 Å². The summed E-state index contributed by atoms with van der Waals surface area (Å²) >= 11 is 16.6. The number of aromatic nitrogens is 1. The van der Waals surface area contributed by atoms with Gasteiger partial charge in [-0.05, 0) is 41.1 Å². The molecule has 96 valence electrons. The van der Waals surface area contributed by atoms with E-state index in [-0.39, 0.29) is 6.10 Å². The molecule has 0 saturated carbocycles. The molecule has 0 bridgehead atoms. The molecule has 0 aliphatic carbocycles. The number of rotatable bonds is 4. The molecule has 1 atom stereocenters. The van der Waals surface area contributed by atoms with Gasteiger partial charge in [0.2, 0.25) is 0 Å². The molecular formula is C12H10BrCl2NOS. The van der Waals surface area contributed by atoms with Crippen LogP contribution in [0, 0.1) is 0 Å². The Bertz CT molecular complexity index is 547. The summed E-state index contributed by atoms with van der Waals surface area (Å²) in [4.78, 5) is 4.39. The van der Waals surface area contributed by atoms with Gasteiger partial charge < -0.3 is 4.74 Å². The van der Waals surface area contributed by atoms with Crippen LogP contribution in [0.3, 0.4) is 0 Å². The number of hydrogen-bond acceptors (Lipinski definition) is 3. The lowest BCUT2D eigenvalue weighted by Crippen LogP contribution is -2.03. The second kappa shape index (κ2) is 6.24. The molecule has 18 heavy (non-hydrogen) atoms. The van der Waals surface area contributed by atoms with E-state index in [0.717, 1.165) is 20.9 Å². The molecule has 0 N–H and O–H groups in total. The molecular weight excluding hydrogens is 357 g/mol. The normalized spacial score (nSPS) is 12.4. The van der Waals surface area contributed by atoms with E-state index in [2.05, 4.69) is 20.9 Å². The summed E-state index contributed by atoms with van der Waals surface area (Å²) in [6.45, 7) is 1.96. The molecule has 1 aromatic heterocycles. The summed E-state index contributed by atoms with van der Waals surface area (Å²) in [6, 6.07) is 5.43. The van der Waals surface area contributed by atoms with Crippen molar-refractivity contribution in [1.82, 2.24) is 4.98 Å². The number of hydrogen-bond donors (Lipinski definition) is 0. The monoisotopic (exact) mass is 365 g/mol. The number of nitrogens with zero attached hydrogens (tertiary/aromatic N) is 1. The Morgan fingerprint density at radius 1 is 1.50 bits per heavy atom. The molecule has 1 heterocycles. The summed E-state index contributed by atoms with van der Waals surface area (Å²) in [5.74, 6) is 1.17. The van der Waals surface area contributed by atoms with Gasteiger partial charge in [0.05, 0.1) is 16.0 Å². The van der Waals surface area contributed by atoms with Crippen LogP contribution in [-0.2, 0) is 5.88 Å². The average molecular weight is 367 g/mol. The third-order valence-electron chi connectivity index (χ3n) is 2.25. The summed E-state index contributed by atoms with van der Waals surface area (Å²) < 4.78 is 6.67. The molecule has 1 aromatic carbocycles. The van der Waals surface area contributed by atoms with Gasteiger partial charge in [-0.3, -0.25) is 0 Å². The lowest BCUT2D eigenvalue weighted by Gasteiger charge is -2.13. The number of benzene rings is 1. The van der Waals surface area contributed by atoms with Crippen LogP contribution in [0.15, 0.2) is 28.1 Å². The zero-order chi connectivity index (χ0) is 13.1. The molecule has 0 aliphatic heterocycles. The van der Waals surface area contributed by atoms with Crippen molar-refractivity contribution in [3.8, 4) is 5.75 Å². The Balaban J connectivity index is 2.13. The lowest BCUT2D eigenvalue weighted by molar-refractivity contribution is 0.224. The topological polar surface area (TPSA) is 22.1 Å². The first kappa shape index (κ1) is 14.1. The predicted octanol–water partition coefficient (Wildman–Crippen LogP) is 5.44. The Kier molecular flexibility index (Phi) is 4.90. The maximum atomic E-state index is 5.88. The SMILES string of the molecule is CC(Oc1ccc(Cl)cc1Br)c1nc(CCl)cs1. The fourth-order valence-electron chi connectivity index (χ4n) is 1.38. The number of thiazole rings is 1. The molecule has 0 radical (unpaired) electrons. The van der Waals surface area contributed by atoms with Crippen LogP contribution in [-0.4, -0.2) is 4.98 Å². The number of ether oxygens (including phenoxy) is 1. The number of alkyl halides is 1. The summed E-state index contributed by atoms with van der Waals surface area (Å²) in [5.41, 5.74) is 0.877. The first-order valence-corrected chi connectivity index (χ1v) is 7.80. The molecule has 6 heteroatoms. The Morgan fingerprint density at radius 2 is 2.28 bits per heavy atom. The average Bonchev–Trinajstić information content (AvgIpc) is 2.81. The zero-order valence-corrected chi connectivity index (χ0v) is 13.4. The fourth-order valence-corrected chi connectivity index (χ4v) is 3.19. The summed E-state index contributed by atoms with van der Waals surface area (Å²) in [7, 11) is 0. The van der Waals surface area contributed by atoms with Crippen molar-refractivity contribution in [2.45, 2.75) is 18.9 Å². The Hall–Kier alpha value is -0.290. The lowest BCUT2D eigenvalue weighted by atomic mass is 10.3. The highest BCUT2D eigenvalue weighted by Crippen LogP contribution is 2.32. The summed E-state index contributed by atoms with van der Waals surface area (Å²) in [6.07, 6.45) is -0.121. The van der Waals surface area contributed by atoms with Crippen LogP contribution in [0.5, 0.6) is 5.75 Å². The Labute approximate surface area is 128 Å². The van der Waals surface area contributed by atoms with Crippen molar-refractivity contribution in [2.24, 2.45) is 0 Å². The molecule has 2 rings (SSSR count). The second-order valence-electron chi connectivity index (χ2n) is 3.65. The van der Waals surface area contributed by atoms with Crippen LogP contribution >= 0.6 is 50.5 Å². The predicted molar refractivity (Wildman–Crippen MR) is 79.9 cm³/mol. The van der Waals surface area contributed by atoms with Crippen molar-refractivity contribution >= 4 is 50.5 Å². The highest BCUT2D eigenvalue weighted by atomic mass is 79.9. The van der Waals surface area contributed by atoms with Crippen LogP contribution < -0.4 is 4.74 Å². The second-order valence-corrected chi connectivity index (χ2v) is 6.09. The van der Waals surface area contributed by atoms with Gasteiger partial charge in [-0.1, -0.05) is 11.6 Å². The van der Waals surface area contributed by atoms with E-state index in [1.165, 1.54) is 0 Å². The van der Waals surface area contributed by atoms with Gasteiger partial charge in [0.25, 0.3) is 0 Å². The van der Waals surface area contributed by atoms with Gasteiger partial charge >= 0.3 is 0 Å². The van der Waals surface area contributed by atoms with Gasteiger partial charge in [0.15, 0.2) is 0 Å². The maximum Gasteiger partial charge on any atom is 0.147 e. The highest BCUT2D eigenvalue weighted by Gasteiger charge is 2.13. The molecule has 0 aliphatic rings. The van der Waals surface area contributed by atoms with E-state index in [9.17, 15) is 0 Å². The van der Waals surface area contributed by atoms with Crippen molar-refractivity contribution < 1.29 is 4.74 Å². The van der Waals surface area contributed by atoms with Crippen LogP contribution in [0.4, 0.5) is 0 Å². The van der Waals surface area contributed by atoms with E-state index in [1.54, 1.807) is 23.5 Å². The van der Waals surface area contributed by atoms with E-state index in [1.807, 2.05) is 18.4 Å². The number of halogens is 3. The first-order valence-electron chi connectivity index (χ1n) is 5.22. The quantitative estimate of drug-likeness (QED) is 0.672. The summed E-state index contributed by atoms with van der Waals surface area (Å²) in [5, 5.41) is 3.52. The third kappa shape index (κ3) is 3.38. The van der Waals surface area contributed by atoms with Crippen molar-refractivity contribution in [2.75, 3.05) is 0 Å². The zero-order valence-electron chi connectivity index (χ0n) is 9.49. The van der Waals surface area contributed by atoms with Crippen molar-refractivity contribution in [3.05, 3.63) is 43.8 Å². The van der Waals surface area contributed by atoms with Crippen LogP contribution in [0.2, 0.25) is 5.02 Å². The molecule has 0 amide bonds. The minimum absolute atomic E-state index is 0.121. The standard InChI is InChI=1S/C12H10BrCl2NOS/c1-7(12-16-9(5-14)6-18-12)17-11-3-2-8(15)4-10(11)13/h2-4,6-7H,5H2,1H3. The van der Waals surface area contributed by atoms with Gasteiger partial charge in [-0.15, -0.1) is 22.9 Å². The van der Waals surface area contributed by atoms with E-state index < -0.39 is 0 Å². The molecule has 2 aromatic rings. The van der Waals surface area contributed by atoms with E-state index in [4.69, 9.17) is 27.9 Å². The molecule has 0 spiro atoms. The maximum absolute atomic E-state index is 5.88.